The van der Waals surface area contributed by atoms with Crippen molar-refractivity contribution in [2.75, 3.05) is 12.5 Å². The summed E-state index contributed by atoms with van der Waals surface area (Å²) in [6, 6.07) is 4.63. The molecule has 1 heterocycles. The van der Waals surface area contributed by atoms with Crippen molar-refractivity contribution in [3.63, 3.8) is 0 Å². The highest BCUT2D eigenvalue weighted by Gasteiger charge is 2.15. The van der Waals surface area contributed by atoms with E-state index in [1.807, 2.05) is 12.1 Å². The van der Waals surface area contributed by atoms with Crippen LogP contribution in [0.3, 0.4) is 0 Å². The van der Waals surface area contributed by atoms with Crippen molar-refractivity contribution < 1.29 is 19.4 Å². The molecule has 0 aliphatic carbocycles. The second-order valence-electron chi connectivity index (χ2n) is 3.27. The van der Waals surface area contributed by atoms with Crippen LogP contribution in [0.25, 0.3) is 0 Å². The molecule has 86 valence electrons. The normalized spacial score (nSPS) is 14.8. The molecule has 3 N–H and O–H groups in total. The van der Waals surface area contributed by atoms with Crippen LogP contribution >= 0.6 is 11.8 Å². The average molecular weight is 241 g/mol. The van der Waals surface area contributed by atoms with Gasteiger partial charge in [-0.2, -0.15) is 0 Å². The Bertz CT molecular complexity index is 410. The molecule has 1 atom stereocenters. The van der Waals surface area contributed by atoms with E-state index in [9.17, 15) is 4.79 Å². The van der Waals surface area contributed by atoms with Crippen molar-refractivity contribution >= 4 is 17.7 Å². The summed E-state index contributed by atoms with van der Waals surface area (Å²) < 4.78 is 10.4. The van der Waals surface area contributed by atoms with E-state index in [4.69, 9.17) is 20.3 Å². The predicted octanol–water partition coefficient (Wildman–Crippen LogP) is 0.919. The van der Waals surface area contributed by atoms with Crippen molar-refractivity contribution in [1.29, 1.82) is 0 Å². The standard InChI is InChI=1S/C10H11NO4S/c11-7(10(12)13)4-16-6-1-2-8-9(3-6)15-5-14-8/h1-3,7H,4-5,11H2,(H,12,13). The molecule has 6 heteroatoms. The fraction of sp³-hybridized carbons (Fsp3) is 0.300. The number of carboxylic acids is 1. The summed E-state index contributed by atoms with van der Waals surface area (Å²) in [5.41, 5.74) is 5.40. The fourth-order valence-electron chi connectivity index (χ4n) is 1.22. The molecule has 16 heavy (non-hydrogen) atoms. The molecule has 1 aliphatic heterocycles. The van der Waals surface area contributed by atoms with Gasteiger partial charge in [0.15, 0.2) is 11.5 Å². The third-order valence-corrected chi connectivity index (χ3v) is 3.20. The summed E-state index contributed by atoms with van der Waals surface area (Å²) in [5, 5.41) is 8.63. The molecule has 0 bridgehead atoms. The third kappa shape index (κ3) is 2.40. The molecule has 1 aromatic rings. The van der Waals surface area contributed by atoms with Gasteiger partial charge in [-0.1, -0.05) is 0 Å². The van der Waals surface area contributed by atoms with Gasteiger partial charge in [-0.3, -0.25) is 4.79 Å². The average Bonchev–Trinajstić information content (AvgIpc) is 2.72. The SMILES string of the molecule is NC(CSc1ccc2c(c1)OCO2)C(=O)O. The lowest BCUT2D eigenvalue weighted by atomic mass is 10.3. The Hall–Kier alpha value is -1.40. The minimum absolute atomic E-state index is 0.234. The Labute approximate surface area is 96.5 Å². The van der Waals surface area contributed by atoms with Gasteiger partial charge >= 0.3 is 5.97 Å². The first kappa shape index (κ1) is 11.1. The maximum Gasteiger partial charge on any atom is 0.321 e. The van der Waals surface area contributed by atoms with Gasteiger partial charge in [-0.15, -0.1) is 11.8 Å². The van der Waals surface area contributed by atoms with Crippen LogP contribution in [0.15, 0.2) is 23.1 Å². The molecular formula is C10H11NO4S. The first-order chi connectivity index (χ1) is 7.66. The van der Waals surface area contributed by atoms with Gasteiger partial charge in [0, 0.05) is 10.6 Å². The number of rotatable bonds is 4. The zero-order valence-corrected chi connectivity index (χ0v) is 9.20. The van der Waals surface area contributed by atoms with Crippen LogP contribution in [0.2, 0.25) is 0 Å². The van der Waals surface area contributed by atoms with Crippen LogP contribution in [0.1, 0.15) is 0 Å². The summed E-state index contributed by atoms with van der Waals surface area (Å²) in [5.74, 6) is 0.739. The van der Waals surface area contributed by atoms with Crippen LogP contribution in [0.5, 0.6) is 11.5 Å². The van der Waals surface area contributed by atoms with E-state index in [1.54, 1.807) is 6.07 Å². The lowest BCUT2D eigenvalue weighted by molar-refractivity contribution is -0.137. The molecule has 1 aromatic carbocycles. The van der Waals surface area contributed by atoms with Crippen LogP contribution in [0, 0.1) is 0 Å². The van der Waals surface area contributed by atoms with Gasteiger partial charge in [0.05, 0.1) is 0 Å². The second kappa shape index (κ2) is 4.63. The van der Waals surface area contributed by atoms with E-state index >= 15 is 0 Å². The smallest absolute Gasteiger partial charge is 0.321 e. The number of ether oxygens (including phenoxy) is 2. The van der Waals surface area contributed by atoms with Crippen molar-refractivity contribution in [3.8, 4) is 11.5 Å². The fourth-order valence-corrected chi connectivity index (χ4v) is 2.09. The number of benzene rings is 1. The van der Waals surface area contributed by atoms with Gasteiger partial charge in [0.1, 0.15) is 6.04 Å². The van der Waals surface area contributed by atoms with Crippen LogP contribution < -0.4 is 15.2 Å². The summed E-state index contributed by atoms with van der Waals surface area (Å²) in [6.07, 6.45) is 0. The quantitative estimate of drug-likeness (QED) is 0.763. The van der Waals surface area contributed by atoms with Gasteiger partial charge in [0.2, 0.25) is 6.79 Å². The van der Waals surface area contributed by atoms with E-state index in [-0.39, 0.29) is 6.79 Å². The van der Waals surface area contributed by atoms with Gasteiger partial charge in [0.25, 0.3) is 0 Å². The number of carboxylic acid groups (broad SMARTS) is 1. The number of hydrogen-bond donors (Lipinski definition) is 2. The number of hydrogen-bond acceptors (Lipinski definition) is 5. The third-order valence-electron chi connectivity index (χ3n) is 2.09. The van der Waals surface area contributed by atoms with Crippen LogP contribution in [0.4, 0.5) is 0 Å². The summed E-state index contributed by atoms with van der Waals surface area (Å²) in [6.45, 7) is 0.234. The highest BCUT2D eigenvalue weighted by molar-refractivity contribution is 7.99. The molecule has 0 spiro atoms. The number of carbonyl (C=O) groups is 1. The maximum atomic E-state index is 10.5. The van der Waals surface area contributed by atoms with E-state index < -0.39 is 12.0 Å². The van der Waals surface area contributed by atoms with Crippen molar-refractivity contribution in [1.82, 2.24) is 0 Å². The summed E-state index contributed by atoms with van der Waals surface area (Å²) >= 11 is 1.38. The Kier molecular flexibility index (Phi) is 3.21. The molecule has 0 saturated heterocycles. The highest BCUT2D eigenvalue weighted by atomic mass is 32.2. The molecule has 0 radical (unpaired) electrons. The van der Waals surface area contributed by atoms with Gasteiger partial charge in [-0.05, 0) is 18.2 Å². The zero-order valence-electron chi connectivity index (χ0n) is 8.38. The van der Waals surface area contributed by atoms with E-state index in [0.29, 0.717) is 17.3 Å². The van der Waals surface area contributed by atoms with Crippen molar-refractivity contribution in [2.45, 2.75) is 10.9 Å². The Morgan fingerprint density at radius 2 is 2.25 bits per heavy atom. The van der Waals surface area contributed by atoms with E-state index in [1.165, 1.54) is 11.8 Å². The van der Waals surface area contributed by atoms with Gasteiger partial charge in [-0.25, -0.2) is 0 Å². The lowest BCUT2D eigenvalue weighted by Crippen LogP contribution is -2.32. The van der Waals surface area contributed by atoms with E-state index in [2.05, 4.69) is 0 Å². The molecule has 5 nitrogen and oxygen atoms in total. The van der Waals surface area contributed by atoms with Crippen molar-refractivity contribution in [3.05, 3.63) is 18.2 Å². The Morgan fingerprint density at radius 1 is 1.50 bits per heavy atom. The van der Waals surface area contributed by atoms with Crippen LogP contribution in [-0.2, 0) is 4.79 Å². The van der Waals surface area contributed by atoms with Crippen LogP contribution in [-0.4, -0.2) is 29.7 Å². The van der Waals surface area contributed by atoms with Gasteiger partial charge < -0.3 is 20.3 Å². The lowest BCUT2D eigenvalue weighted by Gasteiger charge is -2.06. The highest BCUT2D eigenvalue weighted by Crippen LogP contribution is 2.35. The molecule has 0 aromatic heterocycles. The maximum absolute atomic E-state index is 10.5. The molecule has 0 saturated carbocycles. The molecule has 1 unspecified atom stereocenters. The minimum atomic E-state index is -0.992. The van der Waals surface area contributed by atoms with E-state index in [0.717, 1.165) is 4.90 Å². The first-order valence-electron chi connectivity index (χ1n) is 4.67. The number of fused-ring (bicyclic) bond motifs is 1. The molecule has 0 amide bonds. The number of aliphatic carboxylic acids is 1. The van der Waals surface area contributed by atoms with Crippen molar-refractivity contribution in [2.24, 2.45) is 5.73 Å². The summed E-state index contributed by atoms with van der Waals surface area (Å²) in [4.78, 5) is 11.4. The molecule has 1 aliphatic rings. The second-order valence-corrected chi connectivity index (χ2v) is 4.36. The predicted molar refractivity (Wildman–Crippen MR) is 58.9 cm³/mol. The Balaban J connectivity index is 1.98. The zero-order chi connectivity index (χ0) is 11.5. The molecular weight excluding hydrogens is 230 g/mol. The topological polar surface area (TPSA) is 81.8 Å². The molecule has 2 rings (SSSR count). The minimum Gasteiger partial charge on any atom is -0.480 e. The largest absolute Gasteiger partial charge is 0.480 e. The summed E-state index contributed by atoms with van der Waals surface area (Å²) in [7, 11) is 0. The monoisotopic (exact) mass is 241 g/mol. The number of thioether (sulfide) groups is 1. The molecule has 0 fully saturated rings. The first-order valence-corrected chi connectivity index (χ1v) is 5.66. The Morgan fingerprint density at radius 3 is 3.00 bits per heavy atom. The number of nitrogens with two attached hydrogens (primary N) is 1.